The third kappa shape index (κ3) is 3.80. The third-order valence-corrected chi connectivity index (χ3v) is 4.77. The Morgan fingerprint density at radius 3 is 2.80 bits per heavy atom. The molecule has 1 aliphatic heterocycles. The topological polar surface area (TPSA) is 89.5 Å². The maximum atomic E-state index is 11.7. The van der Waals surface area contributed by atoms with E-state index in [-0.39, 0.29) is 24.2 Å². The zero-order valence-electron chi connectivity index (χ0n) is 10.7. The van der Waals surface area contributed by atoms with Crippen LogP contribution in [0, 0.1) is 0 Å². The molecule has 108 valence electrons. The summed E-state index contributed by atoms with van der Waals surface area (Å²) in [5, 5.41) is 2.61. The molecule has 0 spiro atoms. The Bertz CT molecular complexity index is 611. The molecule has 1 amide bonds. The molecule has 20 heavy (non-hydrogen) atoms. The molecule has 0 aromatic heterocycles. The molecule has 1 N–H and O–H groups in total. The molecule has 7 heteroatoms. The first-order valence-electron chi connectivity index (χ1n) is 6.17. The molecule has 1 aromatic carbocycles. The van der Waals surface area contributed by atoms with E-state index >= 15 is 0 Å². The average Bonchev–Trinajstić information content (AvgIpc) is 2.76. The van der Waals surface area contributed by atoms with Crippen LogP contribution in [-0.4, -0.2) is 44.8 Å². The number of carbonyl (C=O) groups excluding carboxylic acids is 2. The predicted molar refractivity (Wildman–Crippen MR) is 72.5 cm³/mol. The monoisotopic (exact) mass is 297 g/mol. The number of sulfone groups is 1. The molecule has 0 radical (unpaired) electrons. The first kappa shape index (κ1) is 14.5. The molecule has 6 nitrogen and oxygen atoms in total. The van der Waals surface area contributed by atoms with Gasteiger partial charge in [-0.3, -0.25) is 9.59 Å². The molecule has 1 saturated heterocycles. The summed E-state index contributed by atoms with van der Waals surface area (Å²) in [4.78, 5) is 22.4. The largest absolute Gasteiger partial charge is 0.483 e. The van der Waals surface area contributed by atoms with E-state index in [1.54, 1.807) is 24.3 Å². The molecule has 0 aliphatic carbocycles. The molecule has 0 saturated carbocycles. The summed E-state index contributed by atoms with van der Waals surface area (Å²) in [6.45, 7) is -0.249. The van der Waals surface area contributed by atoms with Gasteiger partial charge in [-0.2, -0.15) is 0 Å². The minimum atomic E-state index is -3.02. The Labute approximate surface area is 117 Å². The Kier molecular flexibility index (Phi) is 4.39. The van der Waals surface area contributed by atoms with Gasteiger partial charge in [0, 0.05) is 6.04 Å². The number of para-hydroxylation sites is 1. The standard InChI is InChI=1S/C13H15NO5S/c15-7-10-3-1-2-4-12(10)19-8-13(16)14-11-5-6-20(17,18)9-11/h1-4,7,11H,5-6,8-9H2,(H,14,16)/t11-/m0/s1. The Morgan fingerprint density at radius 2 is 2.15 bits per heavy atom. The molecule has 1 heterocycles. The Morgan fingerprint density at radius 1 is 1.40 bits per heavy atom. The van der Waals surface area contributed by atoms with Gasteiger partial charge in [-0.25, -0.2) is 8.42 Å². The van der Waals surface area contributed by atoms with E-state index in [2.05, 4.69) is 5.32 Å². The van der Waals surface area contributed by atoms with E-state index < -0.39 is 15.7 Å². The molecule has 1 aliphatic rings. The number of hydrogen-bond donors (Lipinski definition) is 1. The van der Waals surface area contributed by atoms with Crippen molar-refractivity contribution in [1.29, 1.82) is 0 Å². The highest BCUT2D eigenvalue weighted by Crippen LogP contribution is 2.15. The molecule has 0 bridgehead atoms. The quantitative estimate of drug-likeness (QED) is 0.783. The number of nitrogens with one attached hydrogen (secondary N) is 1. The zero-order valence-corrected chi connectivity index (χ0v) is 11.6. The lowest BCUT2D eigenvalue weighted by Gasteiger charge is -2.12. The maximum Gasteiger partial charge on any atom is 0.258 e. The van der Waals surface area contributed by atoms with E-state index in [1.807, 2.05) is 0 Å². The summed E-state index contributed by atoms with van der Waals surface area (Å²) in [5.74, 6) is 0.0145. The molecular weight excluding hydrogens is 282 g/mol. The SMILES string of the molecule is O=Cc1ccccc1OCC(=O)N[C@H]1CCS(=O)(=O)C1. The van der Waals surface area contributed by atoms with Crippen LogP contribution in [0.2, 0.25) is 0 Å². The van der Waals surface area contributed by atoms with Crippen molar-refractivity contribution >= 4 is 22.0 Å². The molecule has 1 aromatic rings. The average molecular weight is 297 g/mol. The van der Waals surface area contributed by atoms with E-state index in [0.717, 1.165) is 0 Å². The van der Waals surface area contributed by atoms with Crippen molar-refractivity contribution in [3.63, 3.8) is 0 Å². The Hall–Kier alpha value is -1.89. The number of aldehydes is 1. The first-order valence-corrected chi connectivity index (χ1v) is 7.99. The minimum Gasteiger partial charge on any atom is -0.483 e. The number of benzene rings is 1. The van der Waals surface area contributed by atoms with Crippen LogP contribution >= 0.6 is 0 Å². The van der Waals surface area contributed by atoms with Gasteiger partial charge in [0.1, 0.15) is 5.75 Å². The van der Waals surface area contributed by atoms with Crippen molar-refractivity contribution in [2.24, 2.45) is 0 Å². The summed E-state index contributed by atoms with van der Waals surface area (Å²) in [6.07, 6.45) is 1.08. The summed E-state index contributed by atoms with van der Waals surface area (Å²) >= 11 is 0. The predicted octanol–water partition coefficient (Wildman–Crippen LogP) is 0.181. The number of carbonyl (C=O) groups is 2. The van der Waals surface area contributed by atoms with Gasteiger partial charge in [0.2, 0.25) is 0 Å². The summed E-state index contributed by atoms with van der Waals surface area (Å²) in [5.41, 5.74) is 0.365. The smallest absolute Gasteiger partial charge is 0.258 e. The highest BCUT2D eigenvalue weighted by atomic mass is 32.2. The first-order chi connectivity index (χ1) is 9.50. The fourth-order valence-electron chi connectivity index (χ4n) is 2.03. The Balaban J connectivity index is 1.85. The van der Waals surface area contributed by atoms with Gasteiger partial charge in [0.05, 0.1) is 17.1 Å². The van der Waals surface area contributed by atoms with Gasteiger partial charge < -0.3 is 10.1 Å². The molecule has 2 rings (SSSR count). The van der Waals surface area contributed by atoms with Gasteiger partial charge >= 0.3 is 0 Å². The summed E-state index contributed by atoms with van der Waals surface area (Å²) < 4.78 is 27.8. The van der Waals surface area contributed by atoms with Gasteiger partial charge in [-0.1, -0.05) is 12.1 Å². The van der Waals surface area contributed by atoms with Crippen molar-refractivity contribution in [3.05, 3.63) is 29.8 Å². The van der Waals surface area contributed by atoms with E-state index in [1.165, 1.54) is 0 Å². The van der Waals surface area contributed by atoms with Crippen molar-refractivity contribution in [2.75, 3.05) is 18.1 Å². The fraction of sp³-hybridized carbons (Fsp3) is 0.385. The van der Waals surface area contributed by atoms with Crippen LogP contribution in [0.25, 0.3) is 0 Å². The number of hydrogen-bond acceptors (Lipinski definition) is 5. The highest BCUT2D eigenvalue weighted by molar-refractivity contribution is 7.91. The fourth-order valence-corrected chi connectivity index (χ4v) is 3.70. The number of amides is 1. The summed E-state index contributed by atoms with van der Waals surface area (Å²) in [6, 6.07) is 6.22. The van der Waals surface area contributed by atoms with Crippen molar-refractivity contribution < 1.29 is 22.7 Å². The summed E-state index contributed by atoms with van der Waals surface area (Å²) in [7, 11) is -3.02. The third-order valence-electron chi connectivity index (χ3n) is 3.00. The van der Waals surface area contributed by atoms with Crippen LogP contribution in [0.3, 0.4) is 0 Å². The van der Waals surface area contributed by atoms with Crippen LogP contribution in [0.5, 0.6) is 5.75 Å². The van der Waals surface area contributed by atoms with Gasteiger partial charge in [0.15, 0.2) is 22.7 Å². The zero-order chi connectivity index (χ0) is 14.6. The molecule has 0 unspecified atom stereocenters. The minimum absolute atomic E-state index is 0.0241. The number of rotatable bonds is 5. The van der Waals surface area contributed by atoms with Crippen molar-refractivity contribution in [3.8, 4) is 5.75 Å². The van der Waals surface area contributed by atoms with E-state index in [4.69, 9.17) is 4.74 Å². The van der Waals surface area contributed by atoms with E-state index in [0.29, 0.717) is 24.0 Å². The lowest BCUT2D eigenvalue weighted by Crippen LogP contribution is -2.38. The maximum absolute atomic E-state index is 11.7. The van der Waals surface area contributed by atoms with Crippen molar-refractivity contribution in [2.45, 2.75) is 12.5 Å². The number of ether oxygens (including phenoxy) is 1. The second kappa shape index (κ2) is 6.04. The second-order valence-electron chi connectivity index (χ2n) is 4.61. The van der Waals surface area contributed by atoms with Crippen LogP contribution in [0.4, 0.5) is 0 Å². The van der Waals surface area contributed by atoms with Gasteiger partial charge in [-0.15, -0.1) is 0 Å². The molecule has 1 atom stereocenters. The van der Waals surface area contributed by atoms with Gasteiger partial charge in [-0.05, 0) is 18.6 Å². The normalized spacial score (nSPS) is 20.3. The van der Waals surface area contributed by atoms with E-state index in [9.17, 15) is 18.0 Å². The van der Waals surface area contributed by atoms with Crippen LogP contribution in [0.15, 0.2) is 24.3 Å². The lowest BCUT2D eigenvalue weighted by molar-refractivity contribution is -0.123. The molecular formula is C13H15NO5S. The van der Waals surface area contributed by atoms with Crippen LogP contribution in [-0.2, 0) is 14.6 Å². The van der Waals surface area contributed by atoms with Crippen LogP contribution < -0.4 is 10.1 Å². The van der Waals surface area contributed by atoms with Crippen molar-refractivity contribution in [1.82, 2.24) is 5.32 Å². The van der Waals surface area contributed by atoms with Gasteiger partial charge in [0.25, 0.3) is 5.91 Å². The molecule has 1 fully saturated rings. The lowest BCUT2D eigenvalue weighted by atomic mass is 10.2. The van der Waals surface area contributed by atoms with Crippen LogP contribution in [0.1, 0.15) is 16.8 Å². The highest BCUT2D eigenvalue weighted by Gasteiger charge is 2.28. The second-order valence-corrected chi connectivity index (χ2v) is 6.84.